The van der Waals surface area contributed by atoms with Gasteiger partial charge in [-0.1, -0.05) is 6.07 Å². The first kappa shape index (κ1) is 22.3. The van der Waals surface area contributed by atoms with Crippen molar-refractivity contribution in [1.29, 1.82) is 0 Å². The number of anilines is 1. The summed E-state index contributed by atoms with van der Waals surface area (Å²) >= 11 is 3.31. The van der Waals surface area contributed by atoms with Crippen molar-refractivity contribution >= 4 is 49.6 Å². The Morgan fingerprint density at radius 1 is 1.09 bits per heavy atom. The normalized spacial score (nSPS) is 11.3. The highest BCUT2D eigenvalue weighted by atomic mass is 32.1. The summed E-state index contributed by atoms with van der Waals surface area (Å²) in [5.74, 6) is 3.10. The number of benzene rings is 1. The number of fused-ring (bicyclic) bond motifs is 2. The average molecular weight is 494 g/mol. The molecule has 0 aliphatic heterocycles. The lowest BCUT2D eigenvalue weighted by atomic mass is 10.2. The van der Waals surface area contributed by atoms with Crippen molar-refractivity contribution in [2.45, 2.75) is 20.4 Å². The number of hydrogen-bond donors (Lipinski definition) is 1. The molecular formula is C24H23N5O3S2. The standard InChI is InChI=1S/C24H23N5O3S2/c1-5-29(11-20-27-16-10-18(32-4)17(31-3)9-14(16)23(30)28-20)22-21-15(19-7-6-8-33-19)12-34-24(21)26-13(2)25-22/h6-10,12H,5,11H2,1-4H3,(H,27,28,30). The first-order chi connectivity index (χ1) is 16.5. The Labute approximate surface area is 203 Å². The maximum atomic E-state index is 12.9. The van der Waals surface area contributed by atoms with Gasteiger partial charge in [0.05, 0.1) is 37.1 Å². The van der Waals surface area contributed by atoms with E-state index in [0.717, 1.165) is 21.6 Å². The van der Waals surface area contributed by atoms with Crippen LogP contribution in [-0.2, 0) is 6.54 Å². The van der Waals surface area contributed by atoms with Crippen LogP contribution < -0.4 is 19.9 Å². The number of rotatable bonds is 7. The monoisotopic (exact) mass is 493 g/mol. The lowest BCUT2D eigenvalue weighted by molar-refractivity contribution is 0.355. The first-order valence-corrected chi connectivity index (χ1v) is 12.5. The molecule has 0 saturated carbocycles. The van der Waals surface area contributed by atoms with Crippen LogP contribution in [0.3, 0.4) is 0 Å². The summed E-state index contributed by atoms with van der Waals surface area (Å²) in [6, 6.07) is 7.53. The van der Waals surface area contributed by atoms with Gasteiger partial charge in [-0.2, -0.15) is 0 Å². The molecule has 1 aromatic carbocycles. The van der Waals surface area contributed by atoms with Gasteiger partial charge in [-0.25, -0.2) is 15.0 Å². The third kappa shape index (κ3) is 3.88. The van der Waals surface area contributed by atoms with E-state index in [0.29, 0.717) is 47.1 Å². The van der Waals surface area contributed by atoms with Gasteiger partial charge in [0, 0.05) is 28.4 Å². The van der Waals surface area contributed by atoms with Gasteiger partial charge in [0.2, 0.25) is 0 Å². The van der Waals surface area contributed by atoms with Crippen LogP contribution in [0.2, 0.25) is 0 Å². The van der Waals surface area contributed by atoms with Crippen LogP contribution in [0.15, 0.2) is 39.8 Å². The molecule has 174 valence electrons. The van der Waals surface area contributed by atoms with Crippen LogP contribution in [-0.4, -0.2) is 40.7 Å². The molecule has 4 aromatic heterocycles. The molecule has 5 rings (SSSR count). The van der Waals surface area contributed by atoms with E-state index in [4.69, 9.17) is 19.4 Å². The van der Waals surface area contributed by atoms with Gasteiger partial charge < -0.3 is 19.4 Å². The van der Waals surface area contributed by atoms with Crippen molar-refractivity contribution in [2.75, 3.05) is 25.7 Å². The predicted molar refractivity (Wildman–Crippen MR) is 138 cm³/mol. The number of nitrogens with one attached hydrogen (secondary N) is 1. The highest BCUT2D eigenvalue weighted by Crippen LogP contribution is 2.40. The zero-order valence-electron chi connectivity index (χ0n) is 19.2. The number of ether oxygens (including phenoxy) is 2. The summed E-state index contributed by atoms with van der Waals surface area (Å²) in [4.78, 5) is 34.2. The molecule has 0 saturated heterocycles. The van der Waals surface area contributed by atoms with Crippen LogP contribution in [0.25, 0.3) is 31.6 Å². The van der Waals surface area contributed by atoms with Crippen molar-refractivity contribution in [3.8, 4) is 21.9 Å². The number of aryl methyl sites for hydroxylation is 1. The molecule has 0 fully saturated rings. The quantitative estimate of drug-likeness (QED) is 0.341. The number of hydrogen-bond acceptors (Lipinski definition) is 9. The molecule has 0 atom stereocenters. The fraction of sp³-hybridized carbons (Fsp3) is 0.250. The number of aromatic nitrogens is 4. The molecule has 34 heavy (non-hydrogen) atoms. The van der Waals surface area contributed by atoms with Crippen LogP contribution >= 0.6 is 22.7 Å². The van der Waals surface area contributed by atoms with Crippen molar-refractivity contribution < 1.29 is 9.47 Å². The molecule has 4 heterocycles. The molecule has 0 spiro atoms. The second-order valence-electron chi connectivity index (χ2n) is 7.65. The number of aromatic amines is 1. The topological polar surface area (TPSA) is 93.2 Å². The van der Waals surface area contributed by atoms with Gasteiger partial charge in [-0.05, 0) is 31.4 Å². The smallest absolute Gasteiger partial charge is 0.258 e. The molecule has 0 radical (unpaired) electrons. The number of methoxy groups -OCH3 is 2. The highest BCUT2D eigenvalue weighted by Gasteiger charge is 2.20. The molecule has 0 bridgehead atoms. The first-order valence-electron chi connectivity index (χ1n) is 10.7. The van der Waals surface area contributed by atoms with E-state index in [1.165, 1.54) is 12.0 Å². The minimum absolute atomic E-state index is 0.226. The van der Waals surface area contributed by atoms with E-state index < -0.39 is 0 Å². The Morgan fingerprint density at radius 3 is 2.59 bits per heavy atom. The second kappa shape index (κ2) is 9.03. The maximum absolute atomic E-state index is 12.9. The maximum Gasteiger partial charge on any atom is 0.258 e. The Morgan fingerprint density at radius 2 is 1.88 bits per heavy atom. The van der Waals surface area contributed by atoms with Gasteiger partial charge in [0.1, 0.15) is 22.3 Å². The minimum Gasteiger partial charge on any atom is -0.493 e. The Balaban J connectivity index is 1.61. The molecule has 0 aliphatic rings. The van der Waals surface area contributed by atoms with Gasteiger partial charge >= 0.3 is 0 Å². The number of nitrogens with zero attached hydrogens (tertiary/aromatic N) is 4. The molecular weight excluding hydrogens is 470 g/mol. The molecule has 0 amide bonds. The van der Waals surface area contributed by atoms with E-state index >= 15 is 0 Å². The Kier molecular flexibility index (Phi) is 5.93. The SMILES string of the molecule is CCN(Cc1nc2cc(OC)c(OC)cc2c(=O)[nH]1)c1nc(C)nc2scc(-c3cccs3)c12. The molecule has 10 heteroatoms. The third-order valence-corrected chi connectivity index (χ3v) is 7.37. The van der Waals surface area contributed by atoms with E-state index in [1.54, 1.807) is 41.9 Å². The summed E-state index contributed by atoms with van der Waals surface area (Å²) in [6.07, 6.45) is 0. The Hall–Kier alpha value is -3.50. The van der Waals surface area contributed by atoms with Crippen molar-refractivity contribution in [3.05, 3.63) is 57.0 Å². The molecule has 0 aliphatic carbocycles. The number of thiophene rings is 2. The summed E-state index contributed by atoms with van der Waals surface area (Å²) in [5, 5.41) is 5.67. The fourth-order valence-corrected chi connectivity index (χ4v) is 5.78. The zero-order chi connectivity index (χ0) is 23.8. The second-order valence-corrected chi connectivity index (χ2v) is 9.46. The van der Waals surface area contributed by atoms with Crippen LogP contribution in [0.1, 0.15) is 18.6 Å². The lowest BCUT2D eigenvalue weighted by Gasteiger charge is -2.23. The third-order valence-electron chi connectivity index (χ3n) is 5.59. The summed E-state index contributed by atoms with van der Waals surface area (Å²) < 4.78 is 10.7. The molecule has 0 unspecified atom stereocenters. The van der Waals surface area contributed by atoms with Crippen molar-refractivity contribution in [3.63, 3.8) is 0 Å². The molecule has 5 aromatic rings. The van der Waals surface area contributed by atoms with Crippen molar-refractivity contribution in [1.82, 2.24) is 19.9 Å². The molecule has 8 nitrogen and oxygen atoms in total. The minimum atomic E-state index is -0.226. The summed E-state index contributed by atoms with van der Waals surface area (Å²) in [5.41, 5.74) is 1.45. The van der Waals surface area contributed by atoms with E-state index in [2.05, 4.69) is 38.6 Å². The predicted octanol–water partition coefficient (Wildman–Crippen LogP) is 5.01. The van der Waals surface area contributed by atoms with Crippen LogP contribution in [0.5, 0.6) is 11.5 Å². The van der Waals surface area contributed by atoms with Crippen LogP contribution in [0.4, 0.5) is 5.82 Å². The van der Waals surface area contributed by atoms with E-state index in [1.807, 2.05) is 13.0 Å². The van der Waals surface area contributed by atoms with Crippen molar-refractivity contribution in [2.24, 2.45) is 0 Å². The van der Waals surface area contributed by atoms with Gasteiger partial charge in [0.15, 0.2) is 11.5 Å². The highest BCUT2D eigenvalue weighted by molar-refractivity contribution is 7.18. The molecule has 1 N–H and O–H groups in total. The van der Waals surface area contributed by atoms with Gasteiger partial charge in [-0.15, -0.1) is 22.7 Å². The fourth-order valence-electron chi connectivity index (χ4n) is 3.98. The summed E-state index contributed by atoms with van der Waals surface area (Å²) in [6.45, 7) is 5.03. The Bertz CT molecular complexity index is 1540. The largest absolute Gasteiger partial charge is 0.493 e. The van der Waals surface area contributed by atoms with Crippen LogP contribution in [0, 0.1) is 6.92 Å². The zero-order valence-corrected chi connectivity index (χ0v) is 20.8. The summed E-state index contributed by atoms with van der Waals surface area (Å²) in [7, 11) is 3.10. The van der Waals surface area contributed by atoms with Gasteiger partial charge in [0.25, 0.3) is 5.56 Å². The lowest BCUT2D eigenvalue weighted by Crippen LogP contribution is -2.26. The number of H-pyrrole nitrogens is 1. The van der Waals surface area contributed by atoms with E-state index in [9.17, 15) is 4.79 Å². The average Bonchev–Trinajstić information content (AvgIpc) is 3.51. The van der Waals surface area contributed by atoms with E-state index in [-0.39, 0.29) is 5.56 Å². The van der Waals surface area contributed by atoms with Gasteiger partial charge in [-0.3, -0.25) is 4.79 Å².